The Morgan fingerprint density at radius 1 is 1.44 bits per heavy atom. The van der Waals surface area contributed by atoms with Gasteiger partial charge in [0.2, 0.25) is 10.0 Å². The van der Waals surface area contributed by atoms with Crippen LogP contribution >= 0.6 is 0 Å². The highest BCUT2D eigenvalue weighted by Crippen LogP contribution is 2.28. The van der Waals surface area contributed by atoms with E-state index in [1.807, 2.05) is 6.92 Å². The normalized spacial score (nSPS) is 25.8. The quantitative estimate of drug-likeness (QED) is 0.759. The Labute approximate surface area is 96.3 Å². The Morgan fingerprint density at radius 2 is 2.12 bits per heavy atom. The number of hydrogen-bond acceptors (Lipinski definition) is 4. The van der Waals surface area contributed by atoms with Crippen LogP contribution in [0.25, 0.3) is 0 Å². The lowest BCUT2D eigenvalue weighted by molar-refractivity contribution is 0.518. The summed E-state index contributed by atoms with van der Waals surface area (Å²) in [5.41, 5.74) is 2.47. The van der Waals surface area contributed by atoms with Crippen molar-refractivity contribution in [2.24, 2.45) is 4.99 Å². The highest BCUT2D eigenvalue weighted by molar-refractivity contribution is 7.88. The molecule has 90 valence electrons. The van der Waals surface area contributed by atoms with E-state index in [1.54, 1.807) is 0 Å². The van der Waals surface area contributed by atoms with Crippen LogP contribution in [0, 0.1) is 0 Å². The van der Waals surface area contributed by atoms with Crippen molar-refractivity contribution in [3.8, 4) is 0 Å². The molecule has 2 aliphatic heterocycles. The molecule has 0 aromatic rings. The fraction of sp³-hybridized carbons (Fsp3) is 0.700. The molecule has 0 aliphatic carbocycles. The van der Waals surface area contributed by atoms with Crippen LogP contribution in [0.2, 0.25) is 0 Å². The van der Waals surface area contributed by atoms with E-state index in [0.717, 1.165) is 18.8 Å². The van der Waals surface area contributed by atoms with Gasteiger partial charge in [-0.25, -0.2) is 13.1 Å². The summed E-state index contributed by atoms with van der Waals surface area (Å²) in [6.45, 7) is 5.45. The minimum absolute atomic E-state index is 0.0248. The van der Waals surface area contributed by atoms with E-state index in [1.165, 1.54) is 17.5 Å². The predicted molar refractivity (Wildman–Crippen MR) is 63.8 cm³/mol. The van der Waals surface area contributed by atoms with Gasteiger partial charge < -0.3 is 4.90 Å². The molecular formula is C10H17N3O2S. The minimum Gasteiger partial charge on any atom is -0.332 e. The first-order valence-electron chi connectivity index (χ1n) is 5.31. The van der Waals surface area contributed by atoms with Gasteiger partial charge in [-0.2, -0.15) is 0 Å². The number of aliphatic imine (C=N–C) groups is 1. The van der Waals surface area contributed by atoms with E-state index < -0.39 is 10.0 Å². The monoisotopic (exact) mass is 243 g/mol. The molecule has 0 amide bonds. The van der Waals surface area contributed by atoms with Gasteiger partial charge in [-0.05, 0) is 19.4 Å². The number of sulfonamides is 1. The van der Waals surface area contributed by atoms with Crippen molar-refractivity contribution in [3.05, 3.63) is 11.3 Å². The lowest BCUT2D eigenvalue weighted by Crippen LogP contribution is -2.37. The number of amidine groups is 1. The van der Waals surface area contributed by atoms with Crippen LogP contribution in [-0.4, -0.2) is 44.5 Å². The standard InChI is InChI=1S/C10H17N3O2S/c1-7-5-11-8(2)13-6-9(4-10(7)13)12-16(3,14)15/h9,12H,4-6H2,1-3H3/t9-/m0/s1. The molecule has 16 heavy (non-hydrogen) atoms. The summed E-state index contributed by atoms with van der Waals surface area (Å²) in [6, 6.07) is -0.0248. The van der Waals surface area contributed by atoms with Crippen LogP contribution in [0.4, 0.5) is 0 Å². The predicted octanol–water partition coefficient (Wildman–Crippen LogP) is 0.316. The minimum atomic E-state index is -3.12. The molecule has 0 bridgehead atoms. The Hall–Kier alpha value is -0.880. The zero-order valence-electron chi connectivity index (χ0n) is 9.82. The largest absolute Gasteiger partial charge is 0.332 e. The maximum absolute atomic E-state index is 11.2. The van der Waals surface area contributed by atoms with Crippen LogP contribution in [0.1, 0.15) is 20.3 Å². The second-order valence-electron chi connectivity index (χ2n) is 4.49. The molecule has 1 N–H and O–H groups in total. The number of fused-ring (bicyclic) bond motifs is 1. The topological polar surface area (TPSA) is 61.8 Å². The fourth-order valence-corrected chi connectivity index (χ4v) is 3.03. The van der Waals surface area contributed by atoms with E-state index in [0.29, 0.717) is 6.54 Å². The second kappa shape index (κ2) is 3.85. The summed E-state index contributed by atoms with van der Waals surface area (Å²) in [5.74, 6) is 0.985. The average molecular weight is 243 g/mol. The van der Waals surface area contributed by atoms with Crippen molar-refractivity contribution in [2.75, 3.05) is 19.3 Å². The zero-order valence-corrected chi connectivity index (χ0v) is 10.6. The summed E-state index contributed by atoms with van der Waals surface area (Å²) in [7, 11) is -3.12. The first kappa shape index (κ1) is 11.6. The molecule has 1 fully saturated rings. The van der Waals surface area contributed by atoms with Gasteiger partial charge in [-0.15, -0.1) is 0 Å². The van der Waals surface area contributed by atoms with Crippen LogP contribution < -0.4 is 4.72 Å². The number of rotatable bonds is 2. The van der Waals surface area contributed by atoms with Crippen LogP contribution in [0.15, 0.2) is 16.3 Å². The first-order chi connectivity index (χ1) is 7.37. The molecule has 0 spiro atoms. The van der Waals surface area contributed by atoms with Crippen molar-refractivity contribution in [1.82, 2.24) is 9.62 Å². The highest BCUT2D eigenvalue weighted by atomic mass is 32.2. The molecule has 0 aromatic carbocycles. The van der Waals surface area contributed by atoms with Crippen molar-refractivity contribution in [3.63, 3.8) is 0 Å². The van der Waals surface area contributed by atoms with E-state index in [4.69, 9.17) is 0 Å². The molecule has 0 saturated carbocycles. The highest BCUT2D eigenvalue weighted by Gasteiger charge is 2.32. The van der Waals surface area contributed by atoms with Crippen LogP contribution in [0.3, 0.4) is 0 Å². The van der Waals surface area contributed by atoms with E-state index >= 15 is 0 Å². The summed E-state index contributed by atoms with van der Waals surface area (Å²) in [4.78, 5) is 6.50. The number of nitrogens with zero attached hydrogens (tertiary/aromatic N) is 2. The third kappa shape index (κ3) is 2.27. The molecule has 0 aromatic heterocycles. The fourth-order valence-electron chi connectivity index (χ4n) is 2.26. The Kier molecular flexibility index (Phi) is 2.79. The molecule has 2 aliphatic rings. The van der Waals surface area contributed by atoms with Gasteiger partial charge in [0, 0.05) is 24.7 Å². The van der Waals surface area contributed by atoms with Gasteiger partial charge in [0.25, 0.3) is 0 Å². The Morgan fingerprint density at radius 3 is 2.69 bits per heavy atom. The van der Waals surface area contributed by atoms with E-state index in [-0.39, 0.29) is 6.04 Å². The average Bonchev–Trinajstić information content (AvgIpc) is 2.53. The van der Waals surface area contributed by atoms with Crippen molar-refractivity contribution in [2.45, 2.75) is 26.3 Å². The zero-order chi connectivity index (χ0) is 11.9. The molecule has 2 rings (SSSR count). The summed E-state index contributed by atoms with van der Waals surface area (Å²) in [6.07, 6.45) is 1.97. The van der Waals surface area contributed by atoms with Gasteiger partial charge in [0.05, 0.1) is 12.8 Å². The lowest BCUT2D eigenvalue weighted by atomic mass is 10.1. The molecule has 1 saturated heterocycles. The van der Waals surface area contributed by atoms with Crippen LogP contribution in [0.5, 0.6) is 0 Å². The van der Waals surface area contributed by atoms with E-state index in [9.17, 15) is 8.42 Å². The van der Waals surface area contributed by atoms with Gasteiger partial charge in [0.1, 0.15) is 5.84 Å². The summed E-state index contributed by atoms with van der Waals surface area (Å²) < 4.78 is 25.0. The van der Waals surface area contributed by atoms with Gasteiger partial charge in [-0.3, -0.25) is 4.99 Å². The molecule has 5 nitrogen and oxygen atoms in total. The molecule has 1 atom stereocenters. The Balaban J connectivity index is 2.17. The number of nitrogens with one attached hydrogen (secondary N) is 1. The molecule has 6 heteroatoms. The smallest absolute Gasteiger partial charge is 0.209 e. The third-order valence-corrected chi connectivity index (χ3v) is 3.74. The maximum atomic E-state index is 11.2. The van der Waals surface area contributed by atoms with E-state index in [2.05, 4.69) is 21.5 Å². The Bertz CT molecular complexity index is 464. The van der Waals surface area contributed by atoms with Gasteiger partial charge in [0.15, 0.2) is 0 Å². The van der Waals surface area contributed by atoms with Crippen molar-refractivity contribution < 1.29 is 8.42 Å². The molecular weight excluding hydrogens is 226 g/mol. The molecule has 2 heterocycles. The van der Waals surface area contributed by atoms with Crippen molar-refractivity contribution >= 4 is 15.9 Å². The summed E-state index contributed by atoms with van der Waals surface area (Å²) >= 11 is 0. The van der Waals surface area contributed by atoms with Gasteiger partial charge in [-0.1, -0.05) is 0 Å². The number of hydrogen-bond donors (Lipinski definition) is 1. The summed E-state index contributed by atoms with van der Waals surface area (Å²) in [5, 5.41) is 0. The van der Waals surface area contributed by atoms with Crippen molar-refractivity contribution in [1.29, 1.82) is 0 Å². The molecule has 0 unspecified atom stereocenters. The maximum Gasteiger partial charge on any atom is 0.209 e. The second-order valence-corrected chi connectivity index (χ2v) is 6.27. The SMILES string of the molecule is CC1=NCC(C)=C2C[C@H](NS(C)(=O)=O)CN12. The lowest BCUT2D eigenvalue weighted by Gasteiger charge is -2.25. The third-order valence-electron chi connectivity index (χ3n) is 2.98. The van der Waals surface area contributed by atoms with Crippen LogP contribution in [-0.2, 0) is 10.0 Å². The molecule has 0 radical (unpaired) electrons. The first-order valence-corrected chi connectivity index (χ1v) is 7.20. The van der Waals surface area contributed by atoms with Gasteiger partial charge >= 0.3 is 0 Å².